The number of morpholine rings is 1. The maximum absolute atomic E-state index is 12.5. The molecule has 0 aliphatic carbocycles. The van der Waals surface area contributed by atoms with Crippen LogP contribution in [-0.2, 0) is 14.8 Å². The van der Waals surface area contributed by atoms with Crippen molar-refractivity contribution in [3.63, 3.8) is 0 Å². The number of sulfonamides is 1. The van der Waals surface area contributed by atoms with E-state index in [1.54, 1.807) is 24.4 Å². The lowest BCUT2D eigenvalue weighted by molar-refractivity contribution is 0.0390. The van der Waals surface area contributed by atoms with E-state index in [1.165, 1.54) is 0 Å². The summed E-state index contributed by atoms with van der Waals surface area (Å²) in [6, 6.07) is 8.78. The minimum Gasteiger partial charge on any atom is -0.379 e. The second-order valence-corrected chi connectivity index (χ2v) is 8.33. The van der Waals surface area contributed by atoms with E-state index < -0.39 is 10.0 Å². The predicted octanol–water partition coefficient (Wildman–Crippen LogP) is 2.32. The van der Waals surface area contributed by atoms with Crippen molar-refractivity contribution in [3.05, 3.63) is 47.2 Å². The fourth-order valence-corrected chi connectivity index (χ4v) is 4.43. The summed E-state index contributed by atoms with van der Waals surface area (Å²) in [5, 5.41) is 0.204. The summed E-state index contributed by atoms with van der Waals surface area (Å²) in [6.45, 7) is 5.91. The van der Waals surface area contributed by atoms with Gasteiger partial charge in [-0.05, 0) is 42.3 Å². The number of hydrogen-bond donors (Lipinski definition) is 1. The second-order valence-electron chi connectivity index (χ2n) is 6.18. The average Bonchev–Trinajstić information content (AvgIpc) is 2.62. The van der Waals surface area contributed by atoms with Crippen LogP contribution in [0.4, 0.5) is 0 Å². The maximum Gasteiger partial charge on any atom is 0.242 e. The summed E-state index contributed by atoms with van der Waals surface area (Å²) >= 11 is 6.27. The molecule has 0 amide bonds. The molecule has 140 valence electrons. The van der Waals surface area contributed by atoms with Crippen molar-refractivity contribution in [2.75, 3.05) is 39.4 Å². The van der Waals surface area contributed by atoms with Crippen LogP contribution in [0.1, 0.15) is 5.69 Å². The van der Waals surface area contributed by atoms with Crippen molar-refractivity contribution < 1.29 is 13.2 Å². The Morgan fingerprint density at radius 2 is 1.92 bits per heavy atom. The highest BCUT2D eigenvalue weighted by Crippen LogP contribution is 2.28. The van der Waals surface area contributed by atoms with Gasteiger partial charge in [0.2, 0.25) is 10.0 Å². The zero-order valence-electron chi connectivity index (χ0n) is 14.6. The minimum absolute atomic E-state index is 0.0932. The Labute approximate surface area is 159 Å². The SMILES string of the molecule is Cc1cc(-c2ccc(S(=O)(=O)NCCN3CCOCC3)c(Cl)c2)ccn1. The van der Waals surface area contributed by atoms with Gasteiger partial charge in [-0.25, -0.2) is 13.1 Å². The third kappa shape index (κ3) is 4.81. The lowest BCUT2D eigenvalue weighted by Crippen LogP contribution is -2.41. The van der Waals surface area contributed by atoms with Gasteiger partial charge < -0.3 is 4.74 Å². The van der Waals surface area contributed by atoms with Crippen LogP contribution in [0.2, 0.25) is 5.02 Å². The summed E-state index contributed by atoms with van der Waals surface area (Å²) in [7, 11) is -3.65. The largest absolute Gasteiger partial charge is 0.379 e. The van der Waals surface area contributed by atoms with Crippen LogP contribution in [-0.4, -0.2) is 57.7 Å². The van der Waals surface area contributed by atoms with Crippen LogP contribution in [0.25, 0.3) is 11.1 Å². The number of nitrogens with one attached hydrogen (secondary N) is 1. The molecule has 0 atom stereocenters. The summed E-state index contributed by atoms with van der Waals surface area (Å²) in [5.41, 5.74) is 2.69. The molecule has 1 aliphatic heterocycles. The fourth-order valence-electron chi connectivity index (χ4n) is 2.86. The van der Waals surface area contributed by atoms with Gasteiger partial charge in [-0.1, -0.05) is 17.7 Å². The Bertz CT molecular complexity index is 868. The van der Waals surface area contributed by atoms with E-state index in [9.17, 15) is 8.42 Å². The zero-order valence-corrected chi connectivity index (χ0v) is 16.2. The van der Waals surface area contributed by atoms with Crippen molar-refractivity contribution in [2.24, 2.45) is 0 Å². The first-order valence-corrected chi connectivity index (χ1v) is 10.3. The molecule has 1 aromatic carbocycles. The molecule has 1 aromatic heterocycles. The van der Waals surface area contributed by atoms with Crippen LogP contribution in [0.15, 0.2) is 41.4 Å². The van der Waals surface area contributed by atoms with E-state index in [-0.39, 0.29) is 9.92 Å². The smallest absolute Gasteiger partial charge is 0.242 e. The first-order valence-electron chi connectivity index (χ1n) is 8.48. The summed E-state index contributed by atoms with van der Waals surface area (Å²) in [6.07, 6.45) is 1.72. The molecule has 26 heavy (non-hydrogen) atoms. The normalized spacial score (nSPS) is 15.9. The molecule has 0 saturated carbocycles. The first kappa shape index (κ1) is 19.3. The fraction of sp³-hybridized carbons (Fsp3) is 0.389. The lowest BCUT2D eigenvalue weighted by Gasteiger charge is -2.26. The highest BCUT2D eigenvalue weighted by molar-refractivity contribution is 7.89. The van der Waals surface area contributed by atoms with E-state index in [1.807, 2.05) is 19.1 Å². The highest BCUT2D eigenvalue weighted by Gasteiger charge is 2.19. The second kappa shape index (κ2) is 8.45. The molecule has 2 aromatic rings. The monoisotopic (exact) mass is 395 g/mol. The summed E-state index contributed by atoms with van der Waals surface area (Å²) in [5.74, 6) is 0. The minimum atomic E-state index is -3.65. The van der Waals surface area contributed by atoms with Crippen molar-refractivity contribution in [2.45, 2.75) is 11.8 Å². The number of ether oxygens (including phenoxy) is 1. The zero-order chi connectivity index (χ0) is 18.6. The number of aromatic nitrogens is 1. The molecule has 8 heteroatoms. The van der Waals surface area contributed by atoms with E-state index in [0.717, 1.165) is 29.9 Å². The highest BCUT2D eigenvalue weighted by atomic mass is 35.5. The quantitative estimate of drug-likeness (QED) is 0.812. The first-order chi connectivity index (χ1) is 12.5. The Morgan fingerprint density at radius 1 is 1.19 bits per heavy atom. The molecule has 2 heterocycles. The van der Waals surface area contributed by atoms with Gasteiger partial charge in [0.15, 0.2) is 0 Å². The molecule has 1 fully saturated rings. The van der Waals surface area contributed by atoms with Gasteiger partial charge in [0.1, 0.15) is 4.90 Å². The molecule has 1 saturated heterocycles. The molecule has 6 nitrogen and oxygen atoms in total. The van der Waals surface area contributed by atoms with Crippen molar-refractivity contribution in [1.29, 1.82) is 0 Å². The van der Waals surface area contributed by atoms with Crippen LogP contribution >= 0.6 is 11.6 Å². The third-order valence-corrected chi connectivity index (χ3v) is 6.22. The molecule has 0 spiro atoms. The van der Waals surface area contributed by atoms with Crippen LogP contribution in [0, 0.1) is 6.92 Å². The molecular weight excluding hydrogens is 374 g/mol. The third-order valence-electron chi connectivity index (χ3n) is 4.28. The van der Waals surface area contributed by atoms with Gasteiger partial charge in [-0.15, -0.1) is 0 Å². The lowest BCUT2D eigenvalue weighted by atomic mass is 10.1. The van der Waals surface area contributed by atoms with Gasteiger partial charge >= 0.3 is 0 Å². The molecule has 0 radical (unpaired) electrons. The molecule has 1 N–H and O–H groups in total. The van der Waals surface area contributed by atoms with Gasteiger partial charge in [-0.2, -0.15) is 0 Å². The topological polar surface area (TPSA) is 71.5 Å². The number of nitrogens with zero attached hydrogens (tertiary/aromatic N) is 2. The average molecular weight is 396 g/mol. The molecule has 3 rings (SSSR count). The number of rotatable bonds is 6. The van der Waals surface area contributed by atoms with Gasteiger partial charge in [0, 0.05) is 38.1 Å². The Hall–Kier alpha value is -1.51. The molecule has 0 unspecified atom stereocenters. The maximum atomic E-state index is 12.5. The number of hydrogen-bond acceptors (Lipinski definition) is 5. The van der Waals surface area contributed by atoms with E-state index in [2.05, 4.69) is 14.6 Å². The van der Waals surface area contributed by atoms with E-state index in [4.69, 9.17) is 16.3 Å². The van der Waals surface area contributed by atoms with Crippen LogP contribution < -0.4 is 4.72 Å². The summed E-state index contributed by atoms with van der Waals surface area (Å²) < 4.78 is 33.0. The van der Waals surface area contributed by atoms with Gasteiger partial charge in [-0.3, -0.25) is 9.88 Å². The Balaban J connectivity index is 1.69. The Morgan fingerprint density at radius 3 is 2.62 bits per heavy atom. The van der Waals surface area contributed by atoms with Crippen molar-refractivity contribution >= 4 is 21.6 Å². The van der Waals surface area contributed by atoms with E-state index in [0.29, 0.717) is 26.3 Å². The Kier molecular flexibility index (Phi) is 6.26. The van der Waals surface area contributed by atoms with Gasteiger partial charge in [0.25, 0.3) is 0 Å². The van der Waals surface area contributed by atoms with Crippen LogP contribution in [0.5, 0.6) is 0 Å². The summed E-state index contributed by atoms with van der Waals surface area (Å²) in [4.78, 5) is 6.43. The van der Waals surface area contributed by atoms with Crippen LogP contribution in [0.3, 0.4) is 0 Å². The number of benzene rings is 1. The van der Waals surface area contributed by atoms with Gasteiger partial charge in [0.05, 0.1) is 18.2 Å². The van der Waals surface area contributed by atoms with Crippen molar-refractivity contribution in [3.8, 4) is 11.1 Å². The standard InChI is InChI=1S/C18H22ClN3O3S/c1-14-12-16(4-5-20-14)15-2-3-18(17(19)13-15)26(23,24)21-6-7-22-8-10-25-11-9-22/h2-5,12-13,21H,6-11H2,1H3. The van der Waals surface area contributed by atoms with Crippen molar-refractivity contribution in [1.82, 2.24) is 14.6 Å². The number of halogens is 1. The van der Waals surface area contributed by atoms with E-state index >= 15 is 0 Å². The molecule has 0 bridgehead atoms. The molecular formula is C18H22ClN3O3S. The molecule has 1 aliphatic rings. The predicted molar refractivity (Wildman–Crippen MR) is 102 cm³/mol. The number of aryl methyl sites for hydroxylation is 1. The number of pyridine rings is 1.